The fraction of sp³-hybridized carbons (Fsp3) is 0.417. The van der Waals surface area contributed by atoms with Crippen LogP contribution in [0.15, 0.2) is 18.2 Å². The molecule has 0 aliphatic carbocycles. The number of fused-ring (bicyclic) bond motifs is 1. The minimum Gasteiger partial charge on any atom is -0.489 e. The molecule has 0 fully saturated rings. The molecule has 0 saturated heterocycles. The first-order chi connectivity index (χ1) is 8.47. The quantitative estimate of drug-likeness (QED) is 0.829. The molecular formula is C12H15NO4S. The number of Topliss-reactive ketones (excluding diaryl/α,β-unsaturated/α-hetero) is 1. The van der Waals surface area contributed by atoms with Gasteiger partial charge in [0.25, 0.3) is 0 Å². The lowest BCUT2D eigenvalue weighted by atomic mass is 10.1. The molecule has 0 radical (unpaired) electrons. The molecule has 1 aliphatic rings. The molecule has 0 amide bonds. The summed E-state index contributed by atoms with van der Waals surface area (Å²) in [5, 5.41) is 3.13. The Morgan fingerprint density at radius 3 is 2.94 bits per heavy atom. The van der Waals surface area contributed by atoms with Gasteiger partial charge in [0.15, 0.2) is 11.5 Å². The molecule has 0 atom stereocenters. The fourth-order valence-electron chi connectivity index (χ4n) is 1.80. The highest BCUT2D eigenvalue weighted by Crippen LogP contribution is 2.31. The lowest BCUT2D eigenvalue weighted by Gasteiger charge is -2.21. The number of sulfone groups is 1. The Kier molecular flexibility index (Phi) is 3.56. The van der Waals surface area contributed by atoms with Crippen LogP contribution in [0.5, 0.6) is 5.75 Å². The van der Waals surface area contributed by atoms with E-state index in [1.54, 1.807) is 12.1 Å². The van der Waals surface area contributed by atoms with Gasteiger partial charge in [0.2, 0.25) is 0 Å². The summed E-state index contributed by atoms with van der Waals surface area (Å²) in [6, 6.07) is 5.26. The van der Waals surface area contributed by atoms with Crippen molar-refractivity contribution in [3.63, 3.8) is 0 Å². The molecule has 2 rings (SSSR count). The molecule has 0 aromatic heterocycles. The summed E-state index contributed by atoms with van der Waals surface area (Å²) in [5.41, 5.74) is 1.23. The van der Waals surface area contributed by atoms with E-state index in [0.717, 1.165) is 11.9 Å². The SMILES string of the molecule is CS(=O)(=O)CCC(=O)c1cccc2c1OCCN2. The molecular weight excluding hydrogens is 254 g/mol. The standard InChI is InChI=1S/C12H15NO4S/c1-18(15,16)8-5-11(14)9-3-2-4-10-12(9)17-7-6-13-10/h2-4,13H,5-8H2,1H3. The zero-order valence-electron chi connectivity index (χ0n) is 10.1. The van der Waals surface area contributed by atoms with Crippen molar-refractivity contribution in [2.75, 3.05) is 30.5 Å². The molecule has 0 spiro atoms. The average Bonchev–Trinajstić information content (AvgIpc) is 2.34. The Morgan fingerprint density at radius 2 is 2.22 bits per heavy atom. The first-order valence-corrected chi connectivity index (χ1v) is 7.74. The predicted molar refractivity (Wildman–Crippen MR) is 69.1 cm³/mol. The van der Waals surface area contributed by atoms with Gasteiger partial charge in [0.1, 0.15) is 16.4 Å². The maximum Gasteiger partial charge on any atom is 0.167 e. The van der Waals surface area contributed by atoms with E-state index in [1.807, 2.05) is 6.07 Å². The molecule has 1 aliphatic heterocycles. The molecule has 98 valence electrons. The maximum absolute atomic E-state index is 12.0. The van der Waals surface area contributed by atoms with E-state index in [1.165, 1.54) is 0 Å². The summed E-state index contributed by atoms with van der Waals surface area (Å²) < 4.78 is 27.6. The molecule has 1 aromatic carbocycles. The van der Waals surface area contributed by atoms with Gasteiger partial charge in [-0.15, -0.1) is 0 Å². The van der Waals surface area contributed by atoms with Gasteiger partial charge in [0, 0.05) is 19.2 Å². The number of hydrogen-bond donors (Lipinski definition) is 1. The summed E-state index contributed by atoms with van der Waals surface area (Å²) in [7, 11) is -3.13. The second-order valence-electron chi connectivity index (χ2n) is 4.26. The molecule has 1 aromatic rings. The number of nitrogens with one attached hydrogen (secondary N) is 1. The van der Waals surface area contributed by atoms with E-state index in [-0.39, 0.29) is 18.0 Å². The fourth-order valence-corrected chi connectivity index (χ4v) is 2.36. The molecule has 5 nitrogen and oxygen atoms in total. The predicted octanol–water partition coefficient (Wildman–Crippen LogP) is 1.11. The average molecular weight is 269 g/mol. The topological polar surface area (TPSA) is 72.5 Å². The molecule has 0 saturated carbocycles. The van der Waals surface area contributed by atoms with E-state index in [9.17, 15) is 13.2 Å². The third kappa shape index (κ3) is 3.01. The van der Waals surface area contributed by atoms with Crippen LogP contribution < -0.4 is 10.1 Å². The first kappa shape index (κ1) is 12.9. The zero-order valence-corrected chi connectivity index (χ0v) is 10.9. The minimum atomic E-state index is -3.13. The minimum absolute atomic E-state index is 0.0152. The van der Waals surface area contributed by atoms with E-state index >= 15 is 0 Å². The van der Waals surface area contributed by atoms with Gasteiger partial charge in [-0.3, -0.25) is 4.79 Å². The summed E-state index contributed by atoms with van der Waals surface area (Å²) in [6.45, 7) is 1.21. The third-order valence-corrected chi connectivity index (χ3v) is 3.62. The van der Waals surface area contributed by atoms with Gasteiger partial charge in [-0.25, -0.2) is 8.42 Å². The van der Waals surface area contributed by atoms with Gasteiger partial charge in [-0.1, -0.05) is 6.07 Å². The Labute approximate surface area is 106 Å². The van der Waals surface area contributed by atoms with Crippen LogP contribution in [0.1, 0.15) is 16.8 Å². The number of rotatable bonds is 4. The molecule has 1 heterocycles. The van der Waals surface area contributed by atoms with E-state index in [0.29, 0.717) is 24.5 Å². The van der Waals surface area contributed by atoms with Gasteiger partial charge in [-0.2, -0.15) is 0 Å². The number of para-hydroxylation sites is 1. The van der Waals surface area contributed by atoms with Crippen LogP contribution in [0.25, 0.3) is 0 Å². The number of carbonyl (C=O) groups excluding carboxylic acids is 1. The monoisotopic (exact) mass is 269 g/mol. The molecule has 1 N–H and O–H groups in total. The summed E-state index contributed by atoms with van der Waals surface area (Å²) >= 11 is 0. The van der Waals surface area contributed by atoms with Crippen molar-refractivity contribution in [1.82, 2.24) is 0 Å². The zero-order chi connectivity index (χ0) is 13.2. The Hall–Kier alpha value is -1.56. The second-order valence-corrected chi connectivity index (χ2v) is 6.52. The Balaban J connectivity index is 2.20. The van der Waals surface area contributed by atoms with Crippen LogP contribution in [0, 0.1) is 0 Å². The highest BCUT2D eigenvalue weighted by atomic mass is 32.2. The van der Waals surface area contributed by atoms with Crippen molar-refractivity contribution in [3.8, 4) is 5.75 Å². The van der Waals surface area contributed by atoms with Crippen LogP contribution in [0.4, 0.5) is 5.69 Å². The van der Waals surface area contributed by atoms with Crippen LogP contribution in [0.3, 0.4) is 0 Å². The van der Waals surface area contributed by atoms with E-state index in [2.05, 4.69) is 5.32 Å². The van der Waals surface area contributed by atoms with Crippen molar-refractivity contribution < 1.29 is 17.9 Å². The van der Waals surface area contributed by atoms with Crippen molar-refractivity contribution in [2.45, 2.75) is 6.42 Å². The number of carbonyl (C=O) groups is 1. The van der Waals surface area contributed by atoms with Crippen LogP contribution >= 0.6 is 0 Å². The highest BCUT2D eigenvalue weighted by molar-refractivity contribution is 7.90. The molecule has 0 bridgehead atoms. The summed E-state index contributed by atoms with van der Waals surface area (Å²) in [5.74, 6) is 0.186. The van der Waals surface area contributed by atoms with Crippen molar-refractivity contribution in [2.24, 2.45) is 0 Å². The smallest absolute Gasteiger partial charge is 0.167 e. The summed E-state index contributed by atoms with van der Waals surface area (Å²) in [4.78, 5) is 12.0. The number of anilines is 1. The second kappa shape index (κ2) is 4.97. The first-order valence-electron chi connectivity index (χ1n) is 5.68. The molecule has 6 heteroatoms. The third-order valence-electron chi connectivity index (χ3n) is 2.68. The van der Waals surface area contributed by atoms with Gasteiger partial charge in [-0.05, 0) is 12.1 Å². The highest BCUT2D eigenvalue weighted by Gasteiger charge is 2.19. The van der Waals surface area contributed by atoms with Gasteiger partial charge >= 0.3 is 0 Å². The van der Waals surface area contributed by atoms with Crippen LogP contribution in [0.2, 0.25) is 0 Å². The van der Waals surface area contributed by atoms with Crippen molar-refractivity contribution in [1.29, 1.82) is 0 Å². The lowest BCUT2D eigenvalue weighted by molar-refractivity contribution is 0.0985. The normalized spacial score (nSPS) is 14.3. The van der Waals surface area contributed by atoms with Crippen LogP contribution in [-0.2, 0) is 9.84 Å². The number of ketones is 1. The maximum atomic E-state index is 12.0. The number of benzene rings is 1. The van der Waals surface area contributed by atoms with Gasteiger partial charge < -0.3 is 10.1 Å². The Bertz CT molecular complexity index is 565. The number of ether oxygens (including phenoxy) is 1. The number of hydrogen-bond acceptors (Lipinski definition) is 5. The van der Waals surface area contributed by atoms with E-state index in [4.69, 9.17) is 4.74 Å². The van der Waals surface area contributed by atoms with Crippen LogP contribution in [-0.4, -0.2) is 39.4 Å². The largest absolute Gasteiger partial charge is 0.489 e. The lowest BCUT2D eigenvalue weighted by Crippen LogP contribution is -2.20. The van der Waals surface area contributed by atoms with Crippen molar-refractivity contribution in [3.05, 3.63) is 23.8 Å². The van der Waals surface area contributed by atoms with Crippen molar-refractivity contribution >= 4 is 21.3 Å². The summed E-state index contributed by atoms with van der Waals surface area (Å²) in [6.07, 6.45) is 1.11. The van der Waals surface area contributed by atoms with Gasteiger partial charge in [0.05, 0.1) is 17.0 Å². The molecule has 18 heavy (non-hydrogen) atoms. The molecule has 0 unspecified atom stereocenters. The Morgan fingerprint density at radius 1 is 1.44 bits per heavy atom. The van der Waals surface area contributed by atoms with E-state index < -0.39 is 9.84 Å².